The number of aryl methyl sites for hydroxylation is 2. The summed E-state index contributed by atoms with van der Waals surface area (Å²) in [5.74, 6) is 0.0867. The molecule has 8 heteroatoms. The van der Waals surface area contributed by atoms with Crippen molar-refractivity contribution >= 4 is 50.6 Å². The van der Waals surface area contributed by atoms with Crippen LogP contribution in [0.2, 0.25) is 0 Å². The third kappa shape index (κ3) is 4.80. The Morgan fingerprint density at radius 3 is 2.48 bits per heavy atom. The van der Waals surface area contributed by atoms with Gasteiger partial charge in [-0.2, -0.15) is 0 Å². The van der Waals surface area contributed by atoms with Gasteiger partial charge in [-0.3, -0.25) is 14.2 Å². The molecule has 1 fully saturated rings. The van der Waals surface area contributed by atoms with Gasteiger partial charge in [0.15, 0.2) is 5.16 Å². The van der Waals surface area contributed by atoms with Gasteiger partial charge >= 0.3 is 0 Å². The number of fused-ring (bicyclic) bond motifs is 1. The molecule has 3 heterocycles. The van der Waals surface area contributed by atoms with Gasteiger partial charge in [0.05, 0.1) is 11.1 Å². The van der Waals surface area contributed by atoms with Crippen LogP contribution in [-0.2, 0) is 11.8 Å². The summed E-state index contributed by atoms with van der Waals surface area (Å²) in [7, 11) is 1.71. The first-order valence-electron chi connectivity index (χ1n) is 10.7. The van der Waals surface area contributed by atoms with Gasteiger partial charge in [-0.1, -0.05) is 24.6 Å². The molecule has 0 unspecified atom stereocenters. The number of carbonyl (C=O) groups excluding carboxylic acids is 1. The smallest absolute Gasteiger partial charge is 0.262 e. The number of rotatable bonds is 5. The number of benzene rings is 1. The number of anilines is 2. The van der Waals surface area contributed by atoms with Crippen molar-refractivity contribution in [1.82, 2.24) is 9.55 Å². The standard InChI is InChI=1S/C23H28N4O2S2/c1-15-16(2)31-21-20(15)22(29)26(3)23(25-21)30-14-19(28)24-17-8-10-18(11-9-17)27-12-6-4-5-7-13-27/h8-11H,4-7,12-14H2,1-3H3,(H,24,28). The molecule has 3 aromatic rings. The normalized spacial score (nSPS) is 14.6. The number of amides is 1. The van der Waals surface area contributed by atoms with Gasteiger partial charge in [-0.05, 0) is 56.5 Å². The Kier molecular flexibility index (Phi) is 6.67. The van der Waals surface area contributed by atoms with E-state index in [4.69, 9.17) is 0 Å². The third-order valence-electron chi connectivity index (χ3n) is 5.82. The predicted octanol–water partition coefficient (Wildman–Crippen LogP) is 4.72. The first-order valence-corrected chi connectivity index (χ1v) is 12.5. The van der Waals surface area contributed by atoms with Crippen LogP contribution in [-0.4, -0.2) is 34.3 Å². The second kappa shape index (κ2) is 9.44. The maximum absolute atomic E-state index is 12.7. The van der Waals surface area contributed by atoms with Gasteiger partial charge in [0.2, 0.25) is 5.91 Å². The number of hydrogen-bond donors (Lipinski definition) is 1. The van der Waals surface area contributed by atoms with Gasteiger partial charge in [0, 0.05) is 36.4 Å². The summed E-state index contributed by atoms with van der Waals surface area (Å²) in [5.41, 5.74) is 2.93. The van der Waals surface area contributed by atoms with Gasteiger partial charge in [0.1, 0.15) is 4.83 Å². The number of aromatic nitrogens is 2. The number of nitrogens with one attached hydrogen (secondary N) is 1. The molecular weight excluding hydrogens is 428 g/mol. The molecule has 1 amide bonds. The molecule has 31 heavy (non-hydrogen) atoms. The summed E-state index contributed by atoms with van der Waals surface area (Å²) in [6.07, 6.45) is 5.09. The van der Waals surface area contributed by atoms with Crippen LogP contribution in [0.3, 0.4) is 0 Å². The Hall–Kier alpha value is -2.32. The van der Waals surface area contributed by atoms with Gasteiger partial charge in [-0.25, -0.2) is 4.98 Å². The molecule has 1 aliphatic heterocycles. The van der Waals surface area contributed by atoms with E-state index in [-0.39, 0.29) is 17.2 Å². The van der Waals surface area contributed by atoms with Crippen molar-refractivity contribution in [2.75, 3.05) is 29.1 Å². The van der Waals surface area contributed by atoms with Crippen molar-refractivity contribution < 1.29 is 4.79 Å². The highest BCUT2D eigenvalue weighted by Crippen LogP contribution is 2.28. The average molecular weight is 457 g/mol. The van der Waals surface area contributed by atoms with E-state index in [1.54, 1.807) is 7.05 Å². The molecule has 164 valence electrons. The Bertz CT molecular complexity index is 1140. The Balaban J connectivity index is 1.39. The summed E-state index contributed by atoms with van der Waals surface area (Å²) in [6, 6.07) is 8.07. The molecule has 1 aromatic carbocycles. The molecule has 0 radical (unpaired) electrons. The highest BCUT2D eigenvalue weighted by Gasteiger charge is 2.16. The summed E-state index contributed by atoms with van der Waals surface area (Å²) >= 11 is 2.81. The van der Waals surface area contributed by atoms with E-state index >= 15 is 0 Å². The molecule has 1 aliphatic rings. The lowest BCUT2D eigenvalue weighted by atomic mass is 10.2. The SMILES string of the molecule is Cc1sc2nc(SCC(=O)Nc3ccc(N4CCCCCC4)cc3)n(C)c(=O)c2c1C. The second-order valence-corrected chi connectivity index (χ2v) is 10.2. The molecule has 4 rings (SSSR count). The number of hydrogen-bond acceptors (Lipinski definition) is 6. The van der Waals surface area contributed by atoms with Crippen LogP contribution in [0.15, 0.2) is 34.2 Å². The number of thioether (sulfide) groups is 1. The summed E-state index contributed by atoms with van der Waals surface area (Å²) in [4.78, 5) is 34.1. The van der Waals surface area contributed by atoms with Crippen LogP contribution in [0.1, 0.15) is 36.1 Å². The van der Waals surface area contributed by atoms with Gasteiger partial charge in [0.25, 0.3) is 5.56 Å². The number of thiophene rings is 1. The monoisotopic (exact) mass is 456 g/mol. The molecule has 6 nitrogen and oxygen atoms in total. The largest absolute Gasteiger partial charge is 0.372 e. The minimum absolute atomic E-state index is 0.0566. The predicted molar refractivity (Wildman–Crippen MR) is 131 cm³/mol. The van der Waals surface area contributed by atoms with Crippen LogP contribution in [0.4, 0.5) is 11.4 Å². The maximum Gasteiger partial charge on any atom is 0.262 e. The number of carbonyl (C=O) groups is 1. The molecule has 0 spiro atoms. The van der Waals surface area contributed by atoms with Crippen molar-refractivity contribution in [3.8, 4) is 0 Å². The maximum atomic E-state index is 12.7. The van der Waals surface area contributed by atoms with Gasteiger partial charge < -0.3 is 10.2 Å². The second-order valence-electron chi connectivity index (χ2n) is 8.01. The van der Waals surface area contributed by atoms with Crippen LogP contribution in [0, 0.1) is 13.8 Å². The average Bonchev–Trinajstić information content (AvgIpc) is 2.93. The van der Waals surface area contributed by atoms with Crippen LogP contribution < -0.4 is 15.8 Å². The zero-order valence-corrected chi connectivity index (χ0v) is 19.9. The first kappa shape index (κ1) is 21.9. The molecular formula is C23H28N4O2S2. The summed E-state index contributed by atoms with van der Waals surface area (Å²) < 4.78 is 1.54. The highest BCUT2D eigenvalue weighted by molar-refractivity contribution is 7.99. The van der Waals surface area contributed by atoms with E-state index in [1.807, 2.05) is 26.0 Å². The van der Waals surface area contributed by atoms with E-state index < -0.39 is 0 Å². The molecule has 0 atom stereocenters. The minimum Gasteiger partial charge on any atom is -0.372 e. The molecule has 1 N–H and O–H groups in total. The van der Waals surface area contributed by atoms with E-state index in [0.29, 0.717) is 10.5 Å². The van der Waals surface area contributed by atoms with E-state index in [9.17, 15) is 9.59 Å². The quantitative estimate of drug-likeness (QED) is 0.444. The first-order chi connectivity index (χ1) is 14.9. The van der Waals surface area contributed by atoms with E-state index in [1.165, 1.54) is 59.0 Å². The fourth-order valence-corrected chi connectivity index (χ4v) is 5.74. The van der Waals surface area contributed by atoms with Crippen LogP contribution >= 0.6 is 23.1 Å². The Morgan fingerprint density at radius 2 is 1.81 bits per heavy atom. The Morgan fingerprint density at radius 1 is 1.13 bits per heavy atom. The molecule has 1 saturated heterocycles. The van der Waals surface area contributed by atoms with Crippen LogP contribution in [0.5, 0.6) is 0 Å². The summed E-state index contributed by atoms with van der Waals surface area (Å²) in [6.45, 7) is 6.15. The minimum atomic E-state index is -0.111. The van der Waals surface area contributed by atoms with Crippen molar-refractivity contribution in [3.05, 3.63) is 45.1 Å². The topological polar surface area (TPSA) is 67.2 Å². The lowest BCUT2D eigenvalue weighted by Gasteiger charge is -2.22. The van der Waals surface area contributed by atoms with Crippen molar-refractivity contribution in [3.63, 3.8) is 0 Å². The van der Waals surface area contributed by atoms with Crippen molar-refractivity contribution in [2.45, 2.75) is 44.7 Å². The fourth-order valence-electron chi connectivity index (χ4n) is 3.90. The molecule has 0 saturated carbocycles. The van der Waals surface area contributed by atoms with E-state index in [0.717, 1.165) is 34.0 Å². The molecule has 0 bridgehead atoms. The lowest BCUT2D eigenvalue weighted by molar-refractivity contribution is -0.113. The van der Waals surface area contributed by atoms with Crippen molar-refractivity contribution in [1.29, 1.82) is 0 Å². The zero-order valence-electron chi connectivity index (χ0n) is 18.2. The molecule has 0 aliphatic carbocycles. The third-order valence-corrected chi connectivity index (χ3v) is 7.95. The summed E-state index contributed by atoms with van der Waals surface area (Å²) in [5, 5.41) is 4.19. The zero-order chi connectivity index (χ0) is 22.0. The van der Waals surface area contributed by atoms with Crippen molar-refractivity contribution in [2.24, 2.45) is 7.05 Å². The highest BCUT2D eigenvalue weighted by atomic mass is 32.2. The fraction of sp³-hybridized carbons (Fsp3) is 0.435. The molecule has 2 aromatic heterocycles. The number of nitrogens with zero attached hydrogens (tertiary/aromatic N) is 3. The van der Waals surface area contributed by atoms with Crippen LogP contribution in [0.25, 0.3) is 10.2 Å². The van der Waals surface area contributed by atoms with Gasteiger partial charge in [-0.15, -0.1) is 11.3 Å². The Labute approximate surface area is 190 Å². The lowest BCUT2D eigenvalue weighted by Crippen LogP contribution is -2.23. The van der Waals surface area contributed by atoms with E-state index in [2.05, 4.69) is 27.3 Å².